The van der Waals surface area contributed by atoms with Crippen molar-refractivity contribution in [3.63, 3.8) is 0 Å². The van der Waals surface area contributed by atoms with Crippen LogP contribution in [0.2, 0.25) is 0 Å². The Kier molecular flexibility index (Phi) is 1.63. The smallest absolute Gasteiger partial charge is 0.190 e. The number of aromatic nitrogens is 3. The van der Waals surface area contributed by atoms with Gasteiger partial charge in [-0.05, 0) is 12.1 Å². The van der Waals surface area contributed by atoms with Gasteiger partial charge in [-0.3, -0.25) is 0 Å². The van der Waals surface area contributed by atoms with E-state index in [0.717, 1.165) is 5.69 Å². The molecular formula is C8H9N5. The first-order valence-electron chi connectivity index (χ1n) is 3.81. The molecule has 2 rings (SSSR count). The van der Waals surface area contributed by atoms with E-state index in [1.165, 1.54) is 4.80 Å². The van der Waals surface area contributed by atoms with E-state index in [-0.39, 0.29) is 11.6 Å². The summed E-state index contributed by atoms with van der Waals surface area (Å²) in [4.78, 5) is 1.41. The van der Waals surface area contributed by atoms with Crippen LogP contribution in [0.4, 0.5) is 11.6 Å². The summed E-state index contributed by atoms with van der Waals surface area (Å²) in [6.07, 6.45) is 0. The molecule has 4 N–H and O–H groups in total. The summed E-state index contributed by atoms with van der Waals surface area (Å²) < 4.78 is 0. The van der Waals surface area contributed by atoms with Crippen LogP contribution in [-0.4, -0.2) is 15.0 Å². The van der Waals surface area contributed by atoms with E-state index in [4.69, 9.17) is 11.5 Å². The summed E-state index contributed by atoms with van der Waals surface area (Å²) >= 11 is 0. The van der Waals surface area contributed by atoms with Crippen molar-refractivity contribution < 1.29 is 0 Å². The van der Waals surface area contributed by atoms with Crippen molar-refractivity contribution in [3.05, 3.63) is 30.3 Å². The SMILES string of the molecule is Nc1nn(-c2ccccc2)nc1N. The average Bonchev–Trinajstić information content (AvgIpc) is 2.49. The summed E-state index contributed by atoms with van der Waals surface area (Å²) in [5, 5.41) is 7.88. The number of hydrogen-bond acceptors (Lipinski definition) is 4. The zero-order valence-corrected chi connectivity index (χ0v) is 6.88. The molecule has 13 heavy (non-hydrogen) atoms. The van der Waals surface area contributed by atoms with Gasteiger partial charge in [-0.2, -0.15) is 0 Å². The molecule has 1 heterocycles. The lowest BCUT2D eigenvalue weighted by atomic mass is 10.3. The van der Waals surface area contributed by atoms with E-state index in [1.807, 2.05) is 30.3 Å². The molecule has 0 saturated carbocycles. The van der Waals surface area contributed by atoms with E-state index >= 15 is 0 Å². The monoisotopic (exact) mass is 175 g/mol. The predicted octanol–water partition coefficient (Wildman–Crippen LogP) is 0.432. The Morgan fingerprint density at radius 3 is 2.00 bits per heavy atom. The molecule has 0 bridgehead atoms. The van der Waals surface area contributed by atoms with Crippen LogP contribution in [0.5, 0.6) is 0 Å². The van der Waals surface area contributed by atoms with Crippen molar-refractivity contribution in [3.8, 4) is 5.69 Å². The highest BCUT2D eigenvalue weighted by Gasteiger charge is 2.03. The fourth-order valence-corrected chi connectivity index (χ4v) is 1.01. The van der Waals surface area contributed by atoms with Crippen LogP contribution in [0.25, 0.3) is 5.69 Å². The molecule has 0 unspecified atom stereocenters. The van der Waals surface area contributed by atoms with Gasteiger partial charge in [0.25, 0.3) is 0 Å². The molecule has 0 atom stereocenters. The van der Waals surface area contributed by atoms with Gasteiger partial charge >= 0.3 is 0 Å². The molecule has 66 valence electrons. The highest BCUT2D eigenvalue weighted by Crippen LogP contribution is 2.10. The van der Waals surface area contributed by atoms with Gasteiger partial charge in [-0.25, -0.2) is 0 Å². The molecule has 1 aromatic heterocycles. The maximum absolute atomic E-state index is 5.46. The van der Waals surface area contributed by atoms with Gasteiger partial charge in [0.05, 0.1) is 5.69 Å². The number of nitrogen functional groups attached to an aromatic ring is 2. The van der Waals surface area contributed by atoms with Gasteiger partial charge in [0, 0.05) is 0 Å². The normalized spacial score (nSPS) is 10.2. The van der Waals surface area contributed by atoms with Crippen LogP contribution < -0.4 is 11.5 Å². The lowest BCUT2D eigenvalue weighted by Gasteiger charge is -1.95. The topological polar surface area (TPSA) is 82.8 Å². The third-order valence-electron chi connectivity index (χ3n) is 1.65. The van der Waals surface area contributed by atoms with E-state index in [0.29, 0.717) is 0 Å². The minimum atomic E-state index is 0.254. The summed E-state index contributed by atoms with van der Waals surface area (Å²) in [5.41, 5.74) is 11.8. The van der Waals surface area contributed by atoms with Crippen LogP contribution in [0.3, 0.4) is 0 Å². The van der Waals surface area contributed by atoms with Crippen molar-refractivity contribution in [1.29, 1.82) is 0 Å². The van der Waals surface area contributed by atoms with Crippen LogP contribution in [-0.2, 0) is 0 Å². The Morgan fingerprint density at radius 1 is 0.923 bits per heavy atom. The number of rotatable bonds is 1. The number of para-hydroxylation sites is 1. The van der Waals surface area contributed by atoms with Gasteiger partial charge < -0.3 is 11.5 Å². The second kappa shape index (κ2) is 2.78. The standard InChI is InChI=1S/C8H9N5/c9-7-8(10)12-13(11-7)6-4-2-1-3-5-6/h1-5H,(H2,9,11)(H2,10,12). The molecule has 0 amide bonds. The molecule has 0 aliphatic heterocycles. The lowest BCUT2D eigenvalue weighted by molar-refractivity contribution is 0.757. The van der Waals surface area contributed by atoms with Crippen molar-refractivity contribution in [2.24, 2.45) is 0 Å². The first kappa shape index (κ1) is 7.60. The van der Waals surface area contributed by atoms with Crippen LogP contribution in [0.1, 0.15) is 0 Å². The van der Waals surface area contributed by atoms with Crippen molar-refractivity contribution in [2.45, 2.75) is 0 Å². The zero-order chi connectivity index (χ0) is 9.26. The molecule has 5 heteroatoms. The Morgan fingerprint density at radius 2 is 1.46 bits per heavy atom. The predicted molar refractivity (Wildman–Crippen MR) is 50.2 cm³/mol. The van der Waals surface area contributed by atoms with Crippen LogP contribution >= 0.6 is 0 Å². The van der Waals surface area contributed by atoms with Gasteiger partial charge in [0.2, 0.25) is 0 Å². The molecule has 0 saturated heterocycles. The maximum atomic E-state index is 5.46. The second-order valence-corrected chi connectivity index (χ2v) is 2.60. The van der Waals surface area contributed by atoms with Crippen LogP contribution in [0, 0.1) is 0 Å². The minimum absolute atomic E-state index is 0.254. The van der Waals surface area contributed by atoms with E-state index in [9.17, 15) is 0 Å². The molecule has 0 aliphatic carbocycles. The average molecular weight is 175 g/mol. The molecule has 0 fully saturated rings. The van der Waals surface area contributed by atoms with Crippen molar-refractivity contribution in [2.75, 3.05) is 11.5 Å². The van der Waals surface area contributed by atoms with Crippen molar-refractivity contribution >= 4 is 11.6 Å². The highest BCUT2D eigenvalue weighted by atomic mass is 15.5. The molecular weight excluding hydrogens is 166 g/mol. The fourth-order valence-electron chi connectivity index (χ4n) is 1.01. The quantitative estimate of drug-likeness (QED) is 0.658. The summed E-state index contributed by atoms with van der Waals surface area (Å²) in [6, 6.07) is 9.45. The Balaban J connectivity index is 2.48. The van der Waals surface area contributed by atoms with Gasteiger partial charge in [-0.15, -0.1) is 15.0 Å². The largest absolute Gasteiger partial charge is 0.379 e. The summed E-state index contributed by atoms with van der Waals surface area (Å²) in [5.74, 6) is 0.507. The van der Waals surface area contributed by atoms with Gasteiger partial charge in [0.1, 0.15) is 0 Å². The van der Waals surface area contributed by atoms with Gasteiger partial charge in [0.15, 0.2) is 11.6 Å². The number of nitrogens with zero attached hydrogens (tertiary/aromatic N) is 3. The third-order valence-corrected chi connectivity index (χ3v) is 1.65. The van der Waals surface area contributed by atoms with Gasteiger partial charge in [-0.1, -0.05) is 18.2 Å². The fraction of sp³-hybridized carbons (Fsp3) is 0. The summed E-state index contributed by atoms with van der Waals surface area (Å²) in [7, 11) is 0. The summed E-state index contributed by atoms with van der Waals surface area (Å²) in [6.45, 7) is 0. The van der Waals surface area contributed by atoms with E-state index in [1.54, 1.807) is 0 Å². The number of benzene rings is 1. The maximum Gasteiger partial charge on any atom is 0.190 e. The first-order chi connectivity index (χ1) is 6.27. The first-order valence-corrected chi connectivity index (χ1v) is 3.81. The van der Waals surface area contributed by atoms with E-state index in [2.05, 4.69) is 10.2 Å². The van der Waals surface area contributed by atoms with Crippen molar-refractivity contribution in [1.82, 2.24) is 15.0 Å². The van der Waals surface area contributed by atoms with E-state index < -0.39 is 0 Å². The molecule has 0 aliphatic rings. The number of anilines is 2. The van der Waals surface area contributed by atoms with Crippen LogP contribution in [0.15, 0.2) is 30.3 Å². The molecule has 0 radical (unpaired) electrons. The third kappa shape index (κ3) is 1.31. The lowest BCUT2D eigenvalue weighted by Crippen LogP contribution is -1.98. The Bertz CT molecular complexity index is 386. The number of nitrogens with two attached hydrogens (primary N) is 2. The highest BCUT2D eigenvalue weighted by molar-refractivity contribution is 5.51. The number of hydrogen-bond donors (Lipinski definition) is 2. The molecule has 5 nitrogen and oxygen atoms in total. The molecule has 1 aromatic carbocycles. The Labute approximate surface area is 75.0 Å². The minimum Gasteiger partial charge on any atom is -0.379 e. The Hall–Kier alpha value is -2.04. The zero-order valence-electron chi connectivity index (χ0n) is 6.88. The second-order valence-electron chi connectivity index (χ2n) is 2.60. The molecule has 0 spiro atoms. The molecule has 2 aromatic rings.